The molecule has 7 aromatic carbocycles. The minimum atomic E-state index is -0.467. The molecule has 52 heavy (non-hydrogen) atoms. The number of allylic oxidation sites excluding steroid dienone is 4. The van der Waals surface area contributed by atoms with Crippen LogP contribution in [0.3, 0.4) is 0 Å². The Bertz CT molecular complexity index is 2550. The zero-order valence-electron chi connectivity index (χ0n) is 28.4. The Kier molecular flexibility index (Phi) is 7.45. The van der Waals surface area contributed by atoms with E-state index in [0.717, 1.165) is 22.5 Å². The molecule has 3 heteroatoms. The first kappa shape index (κ1) is 31.0. The standard InChI is InChI=1S/C49H33NS2/c1-33-14-12-13-29-50(38-17-6-3-7-18-38)44-27-24-35(30-39(33)44)37-23-26-42-48(32-37)52-47-28-25-36(34-15-4-2-5-16-34)31-43(47)49(42)40-19-8-10-21-45(40)51-46-22-11-9-20-41(46)49/h2-32H,1H2/b14-12-,29-13-. The van der Waals surface area contributed by atoms with Crippen LogP contribution in [0.4, 0.5) is 11.4 Å². The van der Waals surface area contributed by atoms with Crippen molar-refractivity contribution in [2.75, 3.05) is 4.90 Å². The van der Waals surface area contributed by atoms with Crippen LogP contribution >= 0.6 is 23.5 Å². The minimum absolute atomic E-state index is 0.467. The molecule has 3 aliphatic heterocycles. The monoisotopic (exact) mass is 699 g/mol. The molecule has 0 N–H and O–H groups in total. The van der Waals surface area contributed by atoms with Gasteiger partial charge < -0.3 is 4.90 Å². The van der Waals surface area contributed by atoms with Gasteiger partial charge in [0.05, 0.1) is 11.1 Å². The summed E-state index contributed by atoms with van der Waals surface area (Å²) in [6, 6.07) is 60.4. The number of para-hydroxylation sites is 1. The predicted octanol–water partition coefficient (Wildman–Crippen LogP) is 13.6. The highest BCUT2D eigenvalue weighted by Crippen LogP contribution is 2.62. The number of nitrogens with zero attached hydrogens (tertiary/aromatic N) is 1. The fraction of sp³-hybridized carbons (Fsp3) is 0.0204. The van der Waals surface area contributed by atoms with Gasteiger partial charge in [-0.3, -0.25) is 0 Å². The second kappa shape index (κ2) is 12.5. The lowest BCUT2D eigenvalue weighted by Gasteiger charge is -2.45. The van der Waals surface area contributed by atoms with Crippen LogP contribution in [0.5, 0.6) is 0 Å². The average Bonchev–Trinajstić information content (AvgIpc) is 3.20. The maximum Gasteiger partial charge on any atom is 0.0745 e. The van der Waals surface area contributed by atoms with Crippen LogP contribution in [-0.4, -0.2) is 0 Å². The van der Waals surface area contributed by atoms with E-state index >= 15 is 0 Å². The Balaban J connectivity index is 1.18. The highest BCUT2D eigenvalue weighted by atomic mass is 32.2. The molecule has 0 amide bonds. The van der Waals surface area contributed by atoms with Crippen molar-refractivity contribution < 1.29 is 0 Å². The van der Waals surface area contributed by atoms with Gasteiger partial charge in [-0.15, -0.1) is 0 Å². The fourth-order valence-corrected chi connectivity index (χ4v) is 10.5. The first-order valence-corrected chi connectivity index (χ1v) is 19.2. The molecule has 0 saturated carbocycles. The van der Waals surface area contributed by atoms with E-state index in [-0.39, 0.29) is 0 Å². The second-order valence-electron chi connectivity index (χ2n) is 13.4. The van der Waals surface area contributed by atoms with Gasteiger partial charge in [-0.2, -0.15) is 0 Å². The van der Waals surface area contributed by atoms with E-state index in [9.17, 15) is 0 Å². The Labute approximate surface area is 313 Å². The van der Waals surface area contributed by atoms with Crippen LogP contribution in [0, 0.1) is 0 Å². The van der Waals surface area contributed by atoms with E-state index in [4.69, 9.17) is 0 Å². The van der Waals surface area contributed by atoms with E-state index < -0.39 is 5.41 Å². The lowest BCUT2D eigenvalue weighted by atomic mass is 9.64. The van der Waals surface area contributed by atoms with Crippen molar-refractivity contribution in [2.24, 2.45) is 0 Å². The van der Waals surface area contributed by atoms with Gasteiger partial charge in [-0.1, -0.05) is 151 Å². The number of anilines is 2. The van der Waals surface area contributed by atoms with Crippen LogP contribution < -0.4 is 4.90 Å². The van der Waals surface area contributed by atoms with E-state index in [0.29, 0.717) is 0 Å². The number of hydrogen-bond donors (Lipinski definition) is 0. The van der Waals surface area contributed by atoms with Gasteiger partial charge in [0.1, 0.15) is 0 Å². The van der Waals surface area contributed by atoms with Gasteiger partial charge in [0.15, 0.2) is 0 Å². The summed E-state index contributed by atoms with van der Waals surface area (Å²) in [5.74, 6) is 0. The third kappa shape index (κ3) is 4.88. The van der Waals surface area contributed by atoms with Crippen LogP contribution in [0.2, 0.25) is 0 Å². The van der Waals surface area contributed by atoms with E-state index in [1.54, 1.807) is 0 Å². The quantitative estimate of drug-likeness (QED) is 0.181. The summed E-state index contributed by atoms with van der Waals surface area (Å²) < 4.78 is 0. The number of fused-ring (bicyclic) bond motifs is 9. The molecular formula is C49H33NS2. The Hall–Kier alpha value is -5.74. The molecule has 0 aliphatic carbocycles. The van der Waals surface area contributed by atoms with Gasteiger partial charge in [-0.05, 0) is 111 Å². The van der Waals surface area contributed by atoms with Crippen LogP contribution in [-0.2, 0) is 5.41 Å². The van der Waals surface area contributed by atoms with Crippen LogP contribution in [0.1, 0.15) is 27.8 Å². The Morgan fingerprint density at radius 1 is 0.442 bits per heavy atom. The molecule has 0 saturated heterocycles. The third-order valence-electron chi connectivity index (χ3n) is 10.5. The van der Waals surface area contributed by atoms with Gasteiger partial charge in [0.2, 0.25) is 0 Å². The van der Waals surface area contributed by atoms with Crippen molar-refractivity contribution in [2.45, 2.75) is 25.0 Å². The molecule has 7 aromatic rings. The molecule has 0 aromatic heterocycles. The summed E-state index contributed by atoms with van der Waals surface area (Å²) in [6.07, 6.45) is 8.38. The number of hydrogen-bond acceptors (Lipinski definition) is 3. The molecule has 0 radical (unpaired) electrons. The normalized spacial score (nSPS) is 16.0. The molecule has 1 spiro atoms. The molecule has 0 atom stereocenters. The fourth-order valence-electron chi connectivity index (χ4n) is 8.13. The zero-order valence-corrected chi connectivity index (χ0v) is 30.0. The Morgan fingerprint density at radius 3 is 1.79 bits per heavy atom. The third-order valence-corrected chi connectivity index (χ3v) is 12.8. The summed E-state index contributed by atoms with van der Waals surface area (Å²) in [6.45, 7) is 4.49. The molecule has 0 fully saturated rings. The second-order valence-corrected chi connectivity index (χ2v) is 15.6. The molecule has 246 valence electrons. The lowest BCUT2D eigenvalue weighted by Crippen LogP contribution is -2.36. The average molecular weight is 700 g/mol. The van der Waals surface area contributed by atoms with Gasteiger partial charge in [0, 0.05) is 37.0 Å². The summed E-state index contributed by atoms with van der Waals surface area (Å²) >= 11 is 3.78. The smallest absolute Gasteiger partial charge is 0.0745 e. The minimum Gasteiger partial charge on any atom is -0.317 e. The van der Waals surface area contributed by atoms with Crippen molar-refractivity contribution >= 4 is 40.5 Å². The maximum absolute atomic E-state index is 4.49. The van der Waals surface area contributed by atoms with E-state index in [1.165, 1.54) is 64.1 Å². The topological polar surface area (TPSA) is 3.24 Å². The van der Waals surface area contributed by atoms with Crippen LogP contribution in [0.15, 0.2) is 214 Å². The first-order valence-electron chi connectivity index (χ1n) is 17.6. The molecule has 0 unspecified atom stereocenters. The molecular weight excluding hydrogens is 667 g/mol. The van der Waals surface area contributed by atoms with E-state index in [2.05, 4.69) is 200 Å². The Morgan fingerprint density at radius 2 is 1.02 bits per heavy atom. The highest BCUT2D eigenvalue weighted by Gasteiger charge is 2.48. The largest absolute Gasteiger partial charge is 0.317 e. The summed E-state index contributed by atoms with van der Waals surface area (Å²) in [5.41, 5.74) is 14.1. The highest BCUT2D eigenvalue weighted by molar-refractivity contribution is 8.00. The van der Waals surface area contributed by atoms with Gasteiger partial charge in [-0.25, -0.2) is 0 Å². The van der Waals surface area contributed by atoms with Crippen molar-refractivity contribution in [3.8, 4) is 22.3 Å². The summed E-state index contributed by atoms with van der Waals surface area (Å²) in [5, 5.41) is 0. The molecule has 0 bridgehead atoms. The van der Waals surface area contributed by atoms with E-state index in [1.807, 2.05) is 23.5 Å². The molecule has 10 rings (SSSR count). The maximum atomic E-state index is 4.49. The summed E-state index contributed by atoms with van der Waals surface area (Å²) in [4.78, 5) is 7.45. The van der Waals surface area contributed by atoms with Crippen molar-refractivity contribution in [1.29, 1.82) is 0 Å². The lowest BCUT2D eigenvalue weighted by molar-refractivity contribution is 0.667. The SMILES string of the molecule is C=C1/C=C\C=C/N(c2ccccc2)c2ccc(-c3ccc4c(c3)Sc3ccc(-c5ccccc5)cc3C43c4ccccc4Sc4ccccc43)cc21. The number of rotatable bonds is 3. The van der Waals surface area contributed by atoms with Crippen LogP contribution in [0.25, 0.3) is 27.8 Å². The molecule has 3 heterocycles. The molecule has 3 aliphatic rings. The first-order chi connectivity index (χ1) is 25.7. The van der Waals surface area contributed by atoms with Crippen molar-refractivity contribution in [3.63, 3.8) is 0 Å². The summed E-state index contributed by atoms with van der Waals surface area (Å²) in [7, 11) is 0. The zero-order chi connectivity index (χ0) is 34.6. The molecule has 1 nitrogen and oxygen atoms in total. The predicted molar refractivity (Wildman–Crippen MR) is 220 cm³/mol. The van der Waals surface area contributed by atoms with Crippen molar-refractivity contribution in [1.82, 2.24) is 0 Å². The van der Waals surface area contributed by atoms with Gasteiger partial charge in [0.25, 0.3) is 0 Å². The number of benzene rings is 7. The van der Waals surface area contributed by atoms with Crippen molar-refractivity contribution in [3.05, 3.63) is 223 Å². The van der Waals surface area contributed by atoms with Gasteiger partial charge >= 0.3 is 0 Å².